The van der Waals surface area contributed by atoms with Crippen molar-refractivity contribution >= 4 is 34.2 Å². The summed E-state index contributed by atoms with van der Waals surface area (Å²) in [7, 11) is -4.13. The largest absolute Gasteiger partial charge is 0.460 e. The Balaban J connectivity index is 2.06. The third-order valence-electron chi connectivity index (χ3n) is 7.83. The first-order chi connectivity index (χ1) is 16.8. The minimum absolute atomic E-state index is 0.0614. The van der Waals surface area contributed by atoms with E-state index in [1.54, 1.807) is 0 Å². The summed E-state index contributed by atoms with van der Waals surface area (Å²) in [6.07, 6.45) is -0.0109. The van der Waals surface area contributed by atoms with E-state index in [-0.39, 0.29) is 34.7 Å². The van der Waals surface area contributed by atoms with Gasteiger partial charge in [-0.15, -0.1) is 0 Å². The van der Waals surface area contributed by atoms with Crippen LogP contribution in [0.4, 0.5) is 0 Å². The van der Waals surface area contributed by atoms with Crippen LogP contribution in [0.3, 0.4) is 0 Å². The lowest BCUT2D eigenvalue weighted by Crippen LogP contribution is -2.54. The first-order valence-corrected chi connectivity index (χ1v) is 17.5. The lowest BCUT2D eigenvalue weighted by Gasteiger charge is -2.44. The van der Waals surface area contributed by atoms with Gasteiger partial charge in [0.25, 0.3) is 6.47 Å². The van der Waals surface area contributed by atoms with Crippen LogP contribution in [-0.4, -0.2) is 42.1 Å². The van der Waals surface area contributed by atoms with Crippen LogP contribution in [0.2, 0.25) is 18.1 Å². The van der Waals surface area contributed by atoms with Crippen LogP contribution in [0.1, 0.15) is 48.0 Å². The van der Waals surface area contributed by atoms with Crippen molar-refractivity contribution in [3.63, 3.8) is 0 Å². The van der Waals surface area contributed by atoms with E-state index in [0.29, 0.717) is 12.9 Å². The summed E-state index contributed by atoms with van der Waals surface area (Å²) < 4.78 is 19.8. The molecule has 1 saturated carbocycles. The summed E-state index contributed by atoms with van der Waals surface area (Å²) in [5.74, 6) is -0.0773. The zero-order chi connectivity index (χ0) is 26.7. The number of carbonyl (C=O) groups is 1. The lowest BCUT2D eigenvalue weighted by atomic mass is 9.78. The number of rotatable bonds is 9. The average molecular weight is 525 g/mol. The summed E-state index contributed by atoms with van der Waals surface area (Å²) in [4.78, 5) is 11.4. The van der Waals surface area contributed by atoms with Gasteiger partial charge in [0, 0.05) is 12.3 Å². The van der Waals surface area contributed by atoms with Crippen LogP contribution in [0, 0.1) is 11.3 Å². The van der Waals surface area contributed by atoms with E-state index in [1.807, 2.05) is 12.1 Å². The first kappa shape index (κ1) is 28.6. The molecule has 2 aromatic rings. The Morgan fingerprint density at radius 2 is 1.44 bits per heavy atom. The van der Waals surface area contributed by atoms with Crippen molar-refractivity contribution in [2.24, 2.45) is 11.3 Å². The standard InChI is InChI=1S/C30H44O4Si2/c1-22-25(32-21-31)20-26(34-36(8,9)30(5,6)7)27(22)28(29(2,3)4)33-35(23-16-12-10-13-17-23)24-18-14-11-15-19-24/h10-19,21,25-28,35H,1,20H2,2-9H3/t25-,26+,27-,28?/m1/s1. The molecule has 1 fully saturated rings. The van der Waals surface area contributed by atoms with Crippen molar-refractivity contribution in [2.75, 3.05) is 0 Å². The summed E-state index contributed by atoms with van der Waals surface area (Å²) in [5.41, 5.74) is 0.715. The molecule has 6 heteroatoms. The monoisotopic (exact) mass is 524 g/mol. The van der Waals surface area contributed by atoms with E-state index < -0.39 is 17.4 Å². The van der Waals surface area contributed by atoms with Gasteiger partial charge in [-0.25, -0.2) is 0 Å². The Morgan fingerprint density at radius 3 is 1.86 bits per heavy atom. The van der Waals surface area contributed by atoms with Crippen molar-refractivity contribution in [1.82, 2.24) is 0 Å². The minimum atomic E-state index is -2.10. The zero-order valence-corrected chi connectivity index (χ0v) is 25.4. The molecule has 4 nitrogen and oxygen atoms in total. The number of benzene rings is 2. The highest BCUT2D eigenvalue weighted by atomic mass is 28.4. The molecule has 0 spiro atoms. The third-order valence-corrected chi connectivity index (χ3v) is 14.9. The summed E-state index contributed by atoms with van der Waals surface area (Å²) in [6, 6.07) is 21.1. The van der Waals surface area contributed by atoms with Crippen LogP contribution in [0.25, 0.3) is 0 Å². The van der Waals surface area contributed by atoms with Gasteiger partial charge in [0.2, 0.25) is 9.04 Å². The van der Waals surface area contributed by atoms with Crippen molar-refractivity contribution in [3.8, 4) is 0 Å². The fourth-order valence-corrected chi connectivity index (χ4v) is 8.88. The van der Waals surface area contributed by atoms with Gasteiger partial charge in [-0.1, -0.05) is 109 Å². The van der Waals surface area contributed by atoms with Crippen molar-refractivity contribution < 1.29 is 18.4 Å². The maximum Gasteiger partial charge on any atom is 0.293 e. The number of carbonyl (C=O) groups excluding carboxylic acids is 1. The highest BCUT2D eigenvalue weighted by Gasteiger charge is 2.51. The van der Waals surface area contributed by atoms with Crippen LogP contribution >= 0.6 is 0 Å². The fourth-order valence-electron chi connectivity index (χ4n) is 4.82. The van der Waals surface area contributed by atoms with Crippen molar-refractivity contribution in [2.45, 2.75) is 84.4 Å². The molecule has 3 rings (SSSR count). The maximum atomic E-state index is 11.4. The van der Waals surface area contributed by atoms with Crippen molar-refractivity contribution in [1.29, 1.82) is 0 Å². The normalized spacial score (nSPS) is 22.0. The second-order valence-corrected chi connectivity index (χ2v) is 19.7. The molecule has 0 aromatic heterocycles. The Labute approximate surface area is 220 Å². The lowest BCUT2D eigenvalue weighted by molar-refractivity contribution is -0.132. The van der Waals surface area contributed by atoms with E-state index in [4.69, 9.17) is 13.6 Å². The topological polar surface area (TPSA) is 44.8 Å². The molecule has 0 radical (unpaired) electrons. The van der Waals surface area contributed by atoms with Crippen LogP contribution < -0.4 is 10.4 Å². The minimum Gasteiger partial charge on any atom is -0.460 e. The predicted molar refractivity (Wildman–Crippen MR) is 154 cm³/mol. The molecule has 0 amide bonds. The van der Waals surface area contributed by atoms with Crippen molar-refractivity contribution in [3.05, 3.63) is 72.8 Å². The molecule has 196 valence electrons. The molecular weight excluding hydrogens is 480 g/mol. The quantitative estimate of drug-likeness (QED) is 0.248. The summed E-state index contributed by atoms with van der Waals surface area (Å²) in [6.45, 7) is 23.0. The second kappa shape index (κ2) is 11.2. The van der Waals surface area contributed by atoms with Gasteiger partial charge in [-0.05, 0) is 39.5 Å². The Kier molecular flexibility index (Phi) is 8.87. The molecule has 4 atom stereocenters. The van der Waals surface area contributed by atoms with Gasteiger partial charge in [0.05, 0.1) is 12.2 Å². The second-order valence-electron chi connectivity index (χ2n) is 12.6. The summed E-state index contributed by atoms with van der Waals surface area (Å²) >= 11 is 0. The smallest absolute Gasteiger partial charge is 0.293 e. The predicted octanol–water partition coefficient (Wildman–Crippen LogP) is 5.46. The average Bonchev–Trinajstić information content (AvgIpc) is 3.08. The number of ether oxygens (including phenoxy) is 1. The molecular formula is C30H44O4Si2. The highest BCUT2D eigenvalue weighted by Crippen LogP contribution is 2.47. The van der Waals surface area contributed by atoms with E-state index in [2.05, 4.69) is 110 Å². The molecule has 0 saturated heterocycles. The van der Waals surface area contributed by atoms with E-state index in [9.17, 15) is 4.79 Å². The Bertz CT molecular complexity index is 969. The SMILES string of the molecule is C=C1[C@H](OC=O)C[C@H](O[Si](C)(C)C(C)(C)C)[C@@H]1C(O[SiH](c1ccccc1)c1ccccc1)C(C)(C)C. The van der Waals surface area contributed by atoms with E-state index >= 15 is 0 Å². The van der Waals surface area contributed by atoms with E-state index in [0.717, 1.165) is 5.57 Å². The maximum absolute atomic E-state index is 11.4. The molecule has 1 unspecified atom stereocenters. The zero-order valence-electron chi connectivity index (χ0n) is 23.3. The van der Waals surface area contributed by atoms with Crippen LogP contribution in [0.5, 0.6) is 0 Å². The third kappa shape index (κ3) is 6.46. The number of hydrogen-bond donors (Lipinski definition) is 0. The van der Waals surface area contributed by atoms with Crippen LogP contribution in [-0.2, 0) is 18.4 Å². The molecule has 2 aromatic carbocycles. The van der Waals surface area contributed by atoms with Gasteiger partial charge in [0.1, 0.15) is 6.10 Å². The van der Waals surface area contributed by atoms with Gasteiger partial charge in [-0.3, -0.25) is 4.79 Å². The first-order valence-electron chi connectivity index (χ1n) is 13.0. The molecule has 0 bridgehead atoms. The molecule has 0 heterocycles. The molecule has 1 aliphatic rings. The molecule has 36 heavy (non-hydrogen) atoms. The Hall–Kier alpha value is -2.00. The highest BCUT2D eigenvalue weighted by molar-refractivity contribution is 6.80. The van der Waals surface area contributed by atoms with Gasteiger partial charge in [-0.2, -0.15) is 0 Å². The molecule has 0 N–H and O–H groups in total. The van der Waals surface area contributed by atoms with Crippen LogP contribution in [0.15, 0.2) is 72.8 Å². The Morgan fingerprint density at radius 1 is 0.944 bits per heavy atom. The molecule has 1 aliphatic carbocycles. The van der Waals surface area contributed by atoms with Gasteiger partial charge >= 0.3 is 0 Å². The molecule has 0 aliphatic heterocycles. The van der Waals surface area contributed by atoms with Gasteiger partial charge < -0.3 is 13.6 Å². The summed E-state index contributed by atoms with van der Waals surface area (Å²) in [5, 5.41) is 2.54. The van der Waals surface area contributed by atoms with Gasteiger partial charge in [0.15, 0.2) is 8.32 Å². The fraction of sp³-hybridized carbons (Fsp3) is 0.500. The van der Waals surface area contributed by atoms with E-state index in [1.165, 1.54) is 10.4 Å². The number of hydrogen-bond acceptors (Lipinski definition) is 4.